The molecular formula is C22H21F3N6O2. The number of hydrogen-bond acceptors (Lipinski definition) is 5. The first-order chi connectivity index (χ1) is 15.6. The SMILES string of the molecule is COc1ccc(-c2cc(C(F)(F)F)n3nc(C(=O)NCc4c(C)nn(C)c4C)cc3n2)cc1. The van der Waals surface area contributed by atoms with Gasteiger partial charge in [-0.2, -0.15) is 23.4 Å². The van der Waals surface area contributed by atoms with E-state index in [0.29, 0.717) is 15.8 Å². The van der Waals surface area contributed by atoms with Crippen molar-refractivity contribution < 1.29 is 22.7 Å². The molecule has 1 N–H and O–H groups in total. The van der Waals surface area contributed by atoms with Gasteiger partial charge in [0.2, 0.25) is 0 Å². The Bertz CT molecular complexity index is 1340. The Morgan fingerprint density at radius 2 is 1.82 bits per heavy atom. The van der Waals surface area contributed by atoms with Gasteiger partial charge < -0.3 is 10.1 Å². The molecule has 3 heterocycles. The summed E-state index contributed by atoms with van der Waals surface area (Å²) in [5.41, 5.74) is 1.77. The van der Waals surface area contributed by atoms with E-state index in [1.165, 1.54) is 13.2 Å². The Morgan fingerprint density at radius 3 is 2.39 bits per heavy atom. The van der Waals surface area contributed by atoms with Crippen molar-refractivity contribution in [2.45, 2.75) is 26.6 Å². The lowest BCUT2D eigenvalue weighted by Crippen LogP contribution is -2.24. The lowest BCUT2D eigenvalue weighted by Gasteiger charge is -2.11. The van der Waals surface area contributed by atoms with E-state index in [9.17, 15) is 18.0 Å². The molecule has 172 valence electrons. The molecule has 0 aliphatic carbocycles. The molecule has 1 amide bonds. The third-order valence-electron chi connectivity index (χ3n) is 5.42. The van der Waals surface area contributed by atoms with Gasteiger partial charge in [-0.25, -0.2) is 9.50 Å². The molecule has 0 bridgehead atoms. The van der Waals surface area contributed by atoms with Gasteiger partial charge in [0.25, 0.3) is 5.91 Å². The second-order valence-electron chi connectivity index (χ2n) is 7.51. The van der Waals surface area contributed by atoms with E-state index in [4.69, 9.17) is 4.74 Å². The number of hydrogen-bond donors (Lipinski definition) is 1. The summed E-state index contributed by atoms with van der Waals surface area (Å²) < 4.78 is 48.8. The van der Waals surface area contributed by atoms with Gasteiger partial charge in [-0.15, -0.1) is 0 Å². The molecule has 1 aromatic carbocycles. The normalized spacial score (nSPS) is 11.7. The van der Waals surface area contributed by atoms with Crippen LogP contribution in [0.4, 0.5) is 13.2 Å². The average Bonchev–Trinajstić information content (AvgIpc) is 3.31. The van der Waals surface area contributed by atoms with E-state index >= 15 is 0 Å². The van der Waals surface area contributed by atoms with Crippen LogP contribution >= 0.6 is 0 Å². The second-order valence-corrected chi connectivity index (χ2v) is 7.51. The third-order valence-corrected chi connectivity index (χ3v) is 5.42. The maximum atomic E-state index is 13.8. The number of aryl methyl sites for hydroxylation is 2. The van der Waals surface area contributed by atoms with Crippen molar-refractivity contribution in [3.63, 3.8) is 0 Å². The summed E-state index contributed by atoms with van der Waals surface area (Å²) in [6, 6.07) is 8.63. The molecule has 0 fully saturated rings. The van der Waals surface area contributed by atoms with Crippen LogP contribution in [-0.2, 0) is 19.8 Å². The molecule has 0 spiro atoms. The van der Waals surface area contributed by atoms with Gasteiger partial charge in [0.05, 0.1) is 18.5 Å². The fourth-order valence-electron chi connectivity index (χ4n) is 3.53. The molecule has 3 aromatic heterocycles. The molecule has 0 aliphatic rings. The highest BCUT2D eigenvalue weighted by molar-refractivity contribution is 5.93. The van der Waals surface area contributed by atoms with Crippen LogP contribution in [-0.4, -0.2) is 37.4 Å². The van der Waals surface area contributed by atoms with Gasteiger partial charge in [-0.1, -0.05) is 0 Å². The molecule has 8 nitrogen and oxygen atoms in total. The minimum Gasteiger partial charge on any atom is -0.497 e. The van der Waals surface area contributed by atoms with Crippen LogP contribution in [0.25, 0.3) is 16.9 Å². The second kappa shape index (κ2) is 8.23. The van der Waals surface area contributed by atoms with E-state index in [1.807, 2.05) is 13.8 Å². The molecule has 11 heteroatoms. The Labute approximate surface area is 187 Å². The van der Waals surface area contributed by atoms with Crippen LogP contribution in [0.1, 0.15) is 33.1 Å². The highest BCUT2D eigenvalue weighted by Gasteiger charge is 2.35. The maximum Gasteiger partial charge on any atom is 0.433 e. The van der Waals surface area contributed by atoms with Crippen molar-refractivity contribution in [3.05, 3.63) is 64.7 Å². The zero-order chi connectivity index (χ0) is 23.9. The largest absolute Gasteiger partial charge is 0.497 e. The van der Waals surface area contributed by atoms with E-state index in [-0.39, 0.29) is 23.6 Å². The number of aromatic nitrogens is 5. The number of methoxy groups -OCH3 is 1. The number of carbonyl (C=O) groups excluding carboxylic acids is 1. The predicted octanol–water partition coefficient (Wildman–Crippen LogP) is 3.70. The Balaban J connectivity index is 1.69. The topological polar surface area (TPSA) is 86.3 Å². The number of halogens is 3. The number of nitrogens with one attached hydrogen (secondary N) is 1. The summed E-state index contributed by atoms with van der Waals surface area (Å²) in [4.78, 5) is 17.0. The fraction of sp³-hybridized carbons (Fsp3) is 0.273. The van der Waals surface area contributed by atoms with Gasteiger partial charge >= 0.3 is 6.18 Å². The lowest BCUT2D eigenvalue weighted by atomic mass is 10.1. The van der Waals surface area contributed by atoms with Crippen molar-refractivity contribution >= 4 is 11.6 Å². The summed E-state index contributed by atoms with van der Waals surface area (Å²) in [5.74, 6) is -0.0412. The number of alkyl halides is 3. The van der Waals surface area contributed by atoms with E-state index in [2.05, 4.69) is 20.5 Å². The van der Waals surface area contributed by atoms with Gasteiger partial charge in [-0.3, -0.25) is 9.48 Å². The summed E-state index contributed by atoms with van der Waals surface area (Å²) in [6.07, 6.45) is -4.70. The Morgan fingerprint density at radius 1 is 1.12 bits per heavy atom. The first-order valence-corrected chi connectivity index (χ1v) is 9.98. The van der Waals surface area contributed by atoms with Crippen molar-refractivity contribution in [2.24, 2.45) is 7.05 Å². The number of amides is 1. The van der Waals surface area contributed by atoms with Crippen molar-refractivity contribution in [1.82, 2.24) is 29.7 Å². The Hall–Kier alpha value is -3.89. The van der Waals surface area contributed by atoms with Crippen LogP contribution in [0.5, 0.6) is 5.75 Å². The highest BCUT2D eigenvalue weighted by atomic mass is 19.4. The zero-order valence-electron chi connectivity index (χ0n) is 18.4. The van der Waals surface area contributed by atoms with Crippen LogP contribution in [0.2, 0.25) is 0 Å². The number of ether oxygens (including phenoxy) is 1. The van der Waals surface area contributed by atoms with E-state index in [1.54, 1.807) is 36.0 Å². The zero-order valence-corrected chi connectivity index (χ0v) is 18.4. The monoisotopic (exact) mass is 458 g/mol. The molecule has 0 unspecified atom stereocenters. The van der Waals surface area contributed by atoms with Crippen LogP contribution < -0.4 is 10.1 Å². The Kier molecular flexibility index (Phi) is 5.56. The minimum absolute atomic E-state index is 0.0884. The first-order valence-electron chi connectivity index (χ1n) is 9.98. The molecule has 0 saturated carbocycles. The van der Waals surface area contributed by atoms with E-state index < -0.39 is 17.8 Å². The van der Waals surface area contributed by atoms with Crippen LogP contribution in [0.3, 0.4) is 0 Å². The maximum absolute atomic E-state index is 13.8. The summed E-state index contributed by atoms with van der Waals surface area (Å²) in [7, 11) is 3.29. The van der Waals surface area contributed by atoms with Crippen molar-refractivity contribution in [1.29, 1.82) is 0 Å². The van der Waals surface area contributed by atoms with E-state index in [0.717, 1.165) is 23.0 Å². The quantitative estimate of drug-likeness (QED) is 0.493. The molecule has 0 radical (unpaired) electrons. The number of nitrogens with zero attached hydrogens (tertiary/aromatic N) is 5. The number of benzene rings is 1. The van der Waals surface area contributed by atoms with Gasteiger partial charge in [0.15, 0.2) is 17.0 Å². The molecule has 0 atom stereocenters. The van der Waals surface area contributed by atoms with Gasteiger partial charge in [-0.05, 0) is 44.2 Å². The lowest BCUT2D eigenvalue weighted by molar-refractivity contribution is -0.142. The third kappa shape index (κ3) is 4.26. The molecule has 33 heavy (non-hydrogen) atoms. The fourth-order valence-corrected chi connectivity index (χ4v) is 3.53. The highest BCUT2D eigenvalue weighted by Crippen LogP contribution is 2.32. The van der Waals surface area contributed by atoms with Gasteiger partial charge in [0.1, 0.15) is 5.75 Å². The number of rotatable bonds is 5. The number of carbonyl (C=O) groups is 1. The van der Waals surface area contributed by atoms with Crippen molar-refractivity contribution in [3.8, 4) is 17.0 Å². The molecule has 0 aliphatic heterocycles. The molecular weight excluding hydrogens is 437 g/mol. The van der Waals surface area contributed by atoms with Crippen LogP contribution in [0, 0.1) is 13.8 Å². The van der Waals surface area contributed by atoms with Gasteiger partial charge in [0, 0.05) is 36.5 Å². The molecule has 0 saturated heterocycles. The average molecular weight is 458 g/mol. The summed E-state index contributed by atoms with van der Waals surface area (Å²) in [5, 5.41) is 10.9. The smallest absolute Gasteiger partial charge is 0.433 e. The predicted molar refractivity (Wildman–Crippen MR) is 114 cm³/mol. The minimum atomic E-state index is -4.70. The van der Waals surface area contributed by atoms with Crippen LogP contribution in [0.15, 0.2) is 36.4 Å². The first kappa shape index (κ1) is 22.3. The summed E-state index contributed by atoms with van der Waals surface area (Å²) in [6.45, 7) is 3.86. The number of fused-ring (bicyclic) bond motifs is 1. The molecule has 4 aromatic rings. The molecule has 4 rings (SSSR count). The standard InChI is InChI=1S/C22H21F3N6O2/c1-12-16(13(2)30(3)28-12)11-26-21(32)18-10-20-27-17(14-5-7-15(33-4)8-6-14)9-19(22(23,24)25)31(20)29-18/h5-10H,11H2,1-4H3,(H,26,32). The summed E-state index contributed by atoms with van der Waals surface area (Å²) >= 11 is 0. The van der Waals surface area contributed by atoms with Crippen molar-refractivity contribution in [2.75, 3.05) is 7.11 Å².